The largest absolute Gasteiger partial charge is 0.467 e. The van der Waals surface area contributed by atoms with Gasteiger partial charge >= 0.3 is 12.0 Å². The van der Waals surface area contributed by atoms with Crippen LogP contribution in [0.5, 0.6) is 0 Å². The number of hydrogen-bond acceptors (Lipinski definition) is 3. The van der Waals surface area contributed by atoms with Crippen molar-refractivity contribution in [2.45, 2.75) is 57.5 Å². The number of benzene rings is 1. The standard InChI is InChI=1S/C23H32N2O3/c1-23(2,19-17-10-14-9-15(12-17)13-18(19)11-14)25-22(27)24-20(21(26)28-3)16-7-5-4-6-8-16/h4-8,14-15,17-20H,9-13H2,1-3H3,(H2,24,25,27). The second kappa shape index (κ2) is 7.41. The van der Waals surface area contributed by atoms with Crippen LogP contribution in [0.2, 0.25) is 0 Å². The number of nitrogens with one attached hydrogen (secondary N) is 2. The van der Waals surface area contributed by atoms with Gasteiger partial charge in [0, 0.05) is 5.54 Å². The van der Waals surface area contributed by atoms with Gasteiger partial charge in [-0.3, -0.25) is 0 Å². The van der Waals surface area contributed by atoms with Gasteiger partial charge in [-0.2, -0.15) is 0 Å². The molecule has 1 aromatic carbocycles. The van der Waals surface area contributed by atoms with Gasteiger partial charge in [-0.15, -0.1) is 0 Å². The van der Waals surface area contributed by atoms with Crippen molar-refractivity contribution in [3.05, 3.63) is 35.9 Å². The summed E-state index contributed by atoms with van der Waals surface area (Å²) < 4.78 is 4.91. The fourth-order valence-electron chi connectivity index (χ4n) is 6.69. The minimum absolute atomic E-state index is 0.302. The maximum atomic E-state index is 12.9. The topological polar surface area (TPSA) is 67.4 Å². The Kier molecular flexibility index (Phi) is 5.11. The zero-order valence-electron chi connectivity index (χ0n) is 17.1. The lowest BCUT2D eigenvalue weighted by atomic mass is 9.48. The van der Waals surface area contributed by atoms with Gasteiger partial charge in [-0.05, 0) is 81.1 Å². The third-order valence-corrected chi connectivity index (χ3v) is 7.34. The molecule has 152 valence electrons. The minimum Gasteiger partial charge on any atom is -0.467 e. The number of hydrogen-bond donors (Lipinski definition) is 2. The molecule has 4 aliphatic carbocycles. The molecule has 0 heterocycles. The number of methoxy groups -OCH3 is 1. The molecule has 1 atom stereocenters. The van der Waals surface area contributed by atoms with Crippen molar-refractivity contribution in [1.82, 2.24) is 10.6 Å². The van der Waals surface area contributed by atoms with Gasteiger partial charge in [0.05, 0.1) is 7.11 Å². The van der Waals surface area contributed by atoms with Crippen LogP contribution in [0.4, 0.5) is 4.79 Å². The third kappa shape index (κ3) is 3.63. The van der Waals surface area contributed by atoms with Crippen LogP contribution in [0.15, 0.2) is 30.3 Å². The summed E-state index contributed by atoms with van der Waals surface area (Å²) in [5.74, 6) is 3.30. The first-order valence-corrected chi connectivity index (χ1v) is 10.6. The van der Waals surface area contributed by atoms with E-state index in [1.807, 2.05) is 30.3 Å². The van der Waals surface area contributed by atoms with Crippen molar-refractivity contribution in [3.8, 4) is 0 Å². The number of esters is 1. The van der Waals surface area contributed by atoms with E-state index in [1.54, 1.807) is 0 Å². The molecular weight excluding hydrogens is 352 g/mol. The number of ether oxygens (including phenoxy) is 1. The molecule has 1 unspecified atom stereocenters. The highest BCUT2D eigenvalue weighted by atomic mass is 16.5. The lowest BCUT2D eigenvalue weighted by Gasteiger charge is -2.58. The Labute approximate surface area is 167 Å². The van der Waals surface area contributed by atoms with Crippen LogP contribution in [-0.2, 0) is 9.53 Å². The molecule has 4 fully saturated rings. The molecule has 5 nitrogen and oxygen atoms in total. The van der Waals surface area contributed by atoms with Gasteiger partial charge in [-0.1, -0.05) is 30.3 Å². The molecule has 0 saturated heterocycles. The molecule has 28 heavy (non-hydrogen) atoms. The van der Waals surface area contributed by atoms with E-state index in [1.165, 1.54) is 39.2 Å². The van der Waals surface area contributed by atoms with Crippen LogP contribution in [0, 0.1) is 29.6 Å². The highest BCUT2D eigenvalue weighted by molar-refractivity contribution is 5.85. The summed E-state index contributed by atoms with van der Waals surface area (Å²) in [6.45, 7) is 4.30. The quantitative estimate of drug-likeness (QED) is 0.753. The second-order valence-corrected chi connectivity index (χ2v) is 9.64. The van der Waals surface area contributed by atoms with Crippen LogP contribution in [-0.4, -0.2) is 24.6 Å². The predicted octanol–water partition coefficient (Wildman–Crippen LogP) is 4.05. The molecular formula is C23H32N2O3. The highest BCUT2D eigenvalue weighted by Gasteiger charge is 2.53. The summed E-state index contributed by atoms with van der Waals surface area (Å²) in [6, 6.07) is 8.12. The molecule has 2 amide bonds. The van der Waals surface area contributed by atoms with Gasteiger partial charge < -0.3 is 15.4 Å². The van der Waals surface area contributed by atoms with Crippen molar-refractivity contribution < 1.29 is 14.3 Å². The monoisotopic (exact) mass is 384 g/mol. The number of carbonyl (C=O) groups excluding carboxylic acids is 2. The van der Waals surface area contributed by atoms with Crippen LogP contribution < -0.4 is 10.6 Å². The molecule has 1 aromatic rings. The molecule has 4 saturated carbocycles. The highest BCUT2D eigenvalue weighted by Crippen LogP contribution is 2.58. The van der Waals surface area contributed by atoms with E-state index in [9.17, 15) is 9.59 Å². The lowest BCUT2D eigenvalue weighted by molar-refractivity contribution is -0.143. The molecule has 2 N–H and O–H groups in total. The lowest BCUT2D eigenvalue weighted by Crippen LogP contribution is -2.61. The summed E-state index contributed by atoms with van der Waals surface area (Å²) >= 11 is 0. The summed E-state index contributed by atoms with van der Waals surface area (Å²) in [5.41, 5.74) is 0.418. The molecule has 4 bridgehead atoms. The van der Waals surface area contributed by atoms with E-state index in [-0.39, 0.29) is 11.6 Å². The summed E-state index contributed by atoms with van der Waals surface area (Å²) in [4.78, 5) is 25.1. The number of urea groups is 1. The molecule has 0 spiro atoms. The summed E-state index contributed by atoms with van der Waals surface area (Å²) in [7, 11) is 1.34. The molecule has 4 aliphatic rings. The number of amides is 2. The Morgan fingerprint density at radius 2 is 1.57 bits per heavy atom. The van der Waals surface area contributed by atoms with Crippen molar-refractivity contribution in [1.29, 1.82) is 0 Å². The molecule has 0 aromatic heterocycles. The summed E-state index contributed by atoms with van der Waals surface area (Å²) in [6.07, 6.45) is 6.70. The van der Waals surface area contributed by atoms with Gasteiger partial charge in [0.1, 0.15) is 0 Å². The van der Waals surface area contributed by atoms with E-state index in [4.69, 9.17) is 4.74 Å². The van der Waals surface area contributed by atoms with Crippen LogP contribution in [0.3, 0.4) is 0 Å². The van der Waals surface area contributed by atoms with E-state index in [0.717, 1.165) is 29.2 Å². The first-order valence-electron chi connectivity index (χ1n) is 10.6. The minimum atomic E-state index is -0.805. The third-order valence-electron chi connectivity index (χ3n) is 7.34. The van der Waals surface area contributed by atoms with Crippen LogP contribution in [0.25, 0.3) is 0 Å². The Hall–Kier alpha value is -2.04. The maximum Gasteiger partial charge on any atom is 0.333 e. The number of rotatable bonds is 5. The first kappa shape index (κ1) is 19.3. The maximum absolute atomic E-state index is 12.9. The fraction of sp³-hybridized carbons (Fsp3) is 0.652. The Bertz CT molecular complexity index is 703. The van der Waals surface area contributed by atoms with Crippen LogP contribution >= 0.6 is 0 Å². The van der Waals surface area contributed by atoms with E-state index in [0.29, 0.717) is 5.92 Å². The zero-order chi connectivity index (χ0) is 19.9. The number of carbonyl (C=O) groups is 2. The van der Waals surface area contributed by atoms with Gasteiger partial charge in [-0.25, -0.2) is 9.59 Å². The molecule has 5 heteroatoms. The smallest absolute Gasteiger partial charge is 0.333 e. The zero-order valence-corrected chi connectivity index (χ0v) is 17.1. The first-order chi connectivity index (χ1) is 13.4. The van der Waals surface area contributed by atoms with E-state index >= 15 is 0 Å². The average Bonchev–Trinajstić information content (AvgIpc) is 2.64. The molecule has 5 rings (SSSR count). The summed E-state index contributed by atoms with van der Waals surface area (Å²) in [5, 5.41) is 6.04. The van der Waals surface area contributed by atoms with Crippen molar-refractivity contribution >= 4 is 12.0 Å². The van der Waals surface area contributed by atoms with E-state index < -0.39 is 12.0 Å². The average molecular weight is 385 g/mol. The molecule has 0 aliphatic heterocycles. The van der Waals surface area contributed by atoms with E-state index in [2.05, 4.69) is 24.5 Å². The fourth-order valence-corrected chi connectivity index (χ4v) is 6.69. The Morgan fingerprint density at radius 1 is 1.00 bits per heavy atom. The normalized spacial score (nSPS) is 31.9. The van der Waals surface area contributed by atoms with Gasteiger partial charge in [0.25, 0.3) is 0 Å². The van der Waals surface area contributed by atoms with Crippen molar-refractivity contribution in [2.24, 2.45) is 29.6 Å². The Morgan fingerprint density at radius 3 is 2.11 bits per heavy atom. The second-order valence-electron chi connectivity index (χ2n) is 9.64. The van der Waals surface area contributed by atoms with Gasteiger partial charge in [0.2, 0.25) is 0 Å². The molecule has 0 radical (unpaired) electrons. The Balaban J connectivity index is 1.45. The SMILES string of the molecule is COC(=O)C(NC(=O)NC(C)(C)C1C2CC3CC(C2)CC1C3)c1ccccc1. The predicted molar refractivity (Wildman–Crippen MR) is 107 cm³/mol. The van der Waals surface area contributed by atoms with Crippen molar-refractivity contribution in [3.63, 3.8) is 0 Å². The van der Waals surface area contributed by atoms with Gasteiger partial charge in [0.15, 0.2) is 6.04 Å². The van der Waals surface area contributed by atoms with Crippen LogP contribution in [0.1, 0.15) is 57.6 Å². The van der Waals surface area contributed by atoms with Crippen molar-refractivity contribution in [2.75, 3.05) is 7.11 Å².